The fourth-order valence-electron chi connectivity index (χ4n) is 0.849. The Hall–Kier alpha value is -1.51. The van der Waals surface area contributed by atoms with Crippen LogP contribution in [0.25, 0.3) is 0 Å². The molecule has 1 rings (SSSR count). The van der Waals surface area contributed by atoms with E-state index in [1.165, 1.54) is 0 Å². The number of hydrogen-bond donors (Lipinski definition) is 1. The number of aromatic nitrogens is 2. The molecular weight excluding hydrogens is 375 g/mol. The number of halogens is 9. The van der Waals surface area contributed by atoms with Crippen molar-refractivity contribution in [2.24, 2.45) is 7.05 Å². The summed E-state index contributed by atoms with van der Waals surface area (Å²) in [6.45, 7) is 0. The van der Waals surface area contributed by atoms with Gasteiger partial charge in [-0.15, -0.1) is 0 Å². The summed E-state index contributed by atoms with van der Waals surface area (Å²) < 4.78 is 136. The van der Waals surface area contributed by atoms with E-state index in [2.05, 4.69) is 4.98 Å². The maximum atomic E-state index is 12.2. The number of rotatable bonds is 3. The summed E-state index contributed by atoms with van der Waals surface area (Å²) in [4.78, 5) is 3.78. The average molecular weight is 382 g/mol. The van der Waals surface area contributed by atoms with Gasteiger partial charge in [-0.05, 0) is 0 Å². The highest BCUT2D eigenvalue weighted by atomic mass is 32.2. The second-order valence-electron chi connectivity index (χ2n) is 3.87. The van der Waals surface area contributed by atoms with Gasteiger partial charge >= 0.3 is 33.4 Å². The summed E-state index contributed by atoms with van der Waals surface area (Å²) in [5, 5.41) is -7.00. The van der Waals surface area contributed by atoms with Crippen LogP contribution in [0.15, 0.2) is 18.7 Å². The fraction of sp³-hybridized carbons (Fsp3) is 0.625. The standard InChI is InChI=1S/C4HF9O3S.C4H6N2/c5-1(6,3(9,10)11)2(7,8)4(12,13)17(14,15)16;1-6-3-2-5-4-6/h(H,14,15,16);2-4H,1H3. The van der Waals surface area contributed by atoms with Crippen LogP contribution in [0.4, 0.5) is 39.5 Å². The van der Waals surface area contributed by atoms with Crippen LogP contribution >= 0.6 is 0 Å². The Morgan fingerprint density at radius 1 is 0.957 bits per heavy atom. The van der Waals surface area contributed by atoms with E-state index in [-0.39, 0.29) is 0 Å². The minimum Gasteiger partial charge on any atom is -0.341 e. The van der Waals surface area contributed by atoms with E-state index in [0.29, 0.717) is 0 Å². The van der Waals surface area contributed by atoms with Crippen molar-refractivity contribution in [3.05, 3.63) is 18.7 Å². The van der Waals surface area contributed by atoms with Crippen molar-refractivity contribution in [2.45, 2.75) is 23.3 Å². The molecule has 0 fully saturated rings. The van der Waals surface area contributed by atoms with Gasteiger partial charge in [-0.1, -0.05) is 0 Å². The Kier molecular flexibility index (Phi) is 5.77. The predicted octanol–water partition coefficient (Wildman–Crippen LogP) is 2.72. The highest BCUT2D eigenvalue weighted by Gasteiger charge is 2.85. The molecule has 0 aliphatic carbocycles. The molecule has 23 heavy (non-hydrogen) atoms. The van der Waals surface area contributed by atoms with E-state index in [1.54, 1.807) is 12.5 Å². The molecule has 1 heterocycles. The zero-order chi connectivity index (χ0) is 18.9. The molecule has 0 spiro atoms. The lowest BCUT2D eigenvalue weighted by Gasteiger charge is -2.31. The van der Waals surface area contributed by atoms with Gasteiger partial charge in [-0.2, -0.15) is 47.9 Å². The van der Waals surface area contributed by atoms with Crippen molar-refractivity contribution >= 4 is 10.1 Å². The molecule has 0 amide bonds. The molecule has 0 atom stereocenters. The highest BCUT2D eigenvalue weighted by molar-refractivity contribution is 7.87. The Labute approximate surface area is 122 Å². The first kappa shape index (κ1) is 21.5. The zero-order valence-electron chi connectivity index (χ0n) is 10.7. The van der Waals surface area contributed by atoms with Crippen molar-refractivity contribution in [1.82, 2.24) is 9.55 Å². The third-order valence-corrected chi connectivity index (χ3v) is 2.98. The van der Waals surface area contributed by atoms with E-state index >= 15 is 0 Å². The van der Waals surface area contributed by atoms with Crippen molar-refractivity contribution in [2.75, 3.05) is 0 Å². The monoisotopic (exact) mass is 382 g/mol. The first-order valence-electron chi connectivity index (χ1n) is 4.98. The molecule has 136 valence electrons. The van der Waals surface area contributed by atoms with Crippen molar-refractivity contribution < 1.29 is 52.5 Å². The predicted molar refractivity (Wildman–Crippen MR) is 55.7 cm³/mol. The summed E-state index contributed by atoms with van der Waals surface area (Å²) in [6.07, 6.45) is -1.75. The summed E-state index contributed by atoms with van der Waals surface area (Å²) in [5.74, 6) is -14.7. The summed E-state index contributed by atoms with van der Waals surface area (Å²) >= 11 is 0. The summed E-state index contributed by atoms with van der Waals surface area (Å²) in [7, 11) is -5.23. The van der Waals surface area contributed by atoms with E-state index in [4.69, 9.17) is 4.55 Å². The lowest BCUT2D eigenvalue weighted by atomic mass is 10.1. The third kappa shape index (κ3) is 4.07. The zero-order valence-corrected chi connectivity index (χ0v) is 11.5. The minimum atomic E-state index is -7.37. The molecule has 0 saturated heterocycles. The summed E-state index contributed by atoms with van der Waals surface area (Å²) in [5.41, 5.74) is 0. The fourth-order valence-corrected chi connectivity index (χ4v) is 1.30. The lowest BCUT2D eigenvalue weighted by molar-refractivity contribution is -0.382. The molecule has 1 aromatic rings. The largest absolute Gasteiger partial charge is 0.460 e. The molecule has 0 radical (unpaired) electrons. The number of aryl methyl sites for hydroxylation is 1. The average Bonchev–Trinajstić information content (AvgIpc) is 2.77. The van der Waals surface area contributed by atoms with Crippen LogP contribution in [0, 0.1) is 0 Å². The second-order valence-corrected chi connectivity index (χ2v) is 5.33. The van der Waals surface area contributed by atoms with Gasteiger partial charge in [0.05, 0.1) is 6.33 Å². The molecule has 0 bridgehead atoms. The van der Waals surface area contributed by atoms with Crippen molar-refractivity contribution in [1.29, 1.82) is 0 Å². The second kappa shape index (κ2) is 6.18. The molecule has 1 N–H and O–H groups in total. The molecule has 0 saturated carbocycles. The van der Waals surface area contributed by atoms with Gasteiger partial charge in [0.15, 0.2) is 0 Å². The van der Waals surface area contributed by atoms with Gasteiger partial charge < -0.3 is 4.57 Å². The molecule has 0 aliphatic rings. The minimum absolute atomic E-state index is 1.75. The van der Waals surface area contributed by atoms with Crippen LogP contribution in [0.2, 0.25) is 0 Å². The molecule has 1 aromatic heterocycles. The van der Waals surface area contributed by atoms with Crippen LogP contribution in [0.5, 0.6) is 0 Å². The topological polar surface area (TPSA) is 72.2 Å². The van der Waals surface area contributed by atoms with Gasteiger partial charge in [-0.25, -0.2) is 4.98 Å². The Morgan fingerprint density at radius 2 is 1.39 bits per heavy atom. The van der Waals surface area contributed by atoms with Gasteiger partial charge in [-0.3, -0.25) is 4.55 Å². The Balaban J connectivity index is 0.000000664. The van der Waals surface area contributed by atoms with E-state index in [0.717, 1.165) is 0 Å². The maximum absolute atomic E-state index is 12.2. The smallest absolute Gasteiger partial charge is 0.341 e. The summed E-state index contributed by atoms with van der Waals surface area (Å²) in [6, 6.07) is 0. The maximum Gasteiger partial charge on any atom is 0.460 e. The van der Waals surface area contributed by atoms with Crippen molar-refractivity contribution in [3.8, 4) is 0 Å². The van der Waals surface area contributed by atoms with Crippen LogP contribution < -0.4 is 0 Å². The Morgan fingerprint density at radius 3 is 1.57 bits per heavy atom. The number of hydrogen-bond acceptors (Lipinski definition) is 3. The van der Waals surface area contributed by atoms with Crippen molar-refractivity contribution in [3.63, 3.8) is 0 Å². The van der Waals surface area contributed by atoms with Gasteiger partial charge in [0.1, 0.15) is 0 Å². The molecule has 15 heteroatoms. The van der Waals surface area contributed by atoms with Crippen LogP contribution in [-0.4, -0.2) is 45.8 Å². The quantitative estimate of drug-likeness (QED) is 0.645. The number of nitrogens with zero attached hydrogens (tertiary/aromatic N) is 2. The van der Waals surface area contributed by atoms with Crippen LogP contribution in [-0.2, 0) is 17.2 Å². The molecule has 0 aliphatic heterocycles. The van der Waals surface area contributed by atoms with E-state index in [9.17, 15) is 47.9 Å². The number of imidazole rings is 1. The SMILES string of the molecule is Cn1ccnc1.O=S(=O)(O)C(F)(F)C(F)(F)C(F)(F)C(F)(F)F. The van der Waals surface area contributed by atoms with Gasteiger partial charge in [0.25, 0.3) is 0 Å². The Bertz CT molecular complexity index is 609. The molecular formula is C8H7F9N2O3S. The van der Waals surface area contributed by atoms with Crippen LogP contribution in [0.1, 0.15) is 0 Å². The lowest BCUT2D eigenvalue weighted by Crippen LogP contribution is -2.63. The third-order valence-electron chi connectivity index (χ3n) is 2.08. The first-order valence-corrected chi connectivity index (χ1v) is 6.42. The number of alkyl halides is 9. The highest BCUT2D eigenvalue weighted by Crippen LogP contribution is 2.54. The first-order chi connectivity index (χ1) is 9.89. The normalized spacial score (nSPS) is 14.2. The van der Waals surface area contributed by atoms with E-state index < -0.39 is 33.4 Å². The van der Waals surface area contributed by atoms with E-state index in [1.807, 2.05) is 17.8 Å². The van der Waals surface area contributed by atoms with Crippen LogP contribution in [0.3, 0.4) is 0 Å². The molecule has 0 aromatic carbocycles. The molecule has 5 nitrogen and oxygen atoms in total. The van der Waals surface area contributed by atoms with Gasteiger partial charge in [0.2, 0.25) is 0 Å². The van der Waals surface area contributed by atoms with Gasteiger partial charge in [0, 0.05) is 19.4 Å². The molecule has 0 unspecified atom stereocenters.